The zero-order valence-corrected chi connectivity index (χ0v) is 20.9. The summed E-state index contributed by atoms with van der Waals surface area (Å²) in [7, 11) is -3.88. The van der Waals surface area contributed by atoms with Crippen LogP contribution >= 0.6 is 0 Å². The van der Waals surface area contributed by atoms with Gasteiger partial charge < -0.3 is 15.2 Å². The lowest BCUT2D eigenvalue weighted by atomic mass is 9.77. The molecule has 1 aromatic carbocycles. The number of aliphatic hydroxyl groups is 1. The summed E-state index contributed by atoms with van der Waals surface area (Å²) in [6, 6.07) is 8.44. The minimum atomic E-state index is -3.88. The van der Waals surface area contributed by atoms with Crippen LogP contribution < -0.4 is 10.1 Å². The van der Waals surface area contributed by atoms with E-state index in [-0.39, 0.29) is 28.4 Å². The molecule has 10 nitrogen and oxygen atoms in total. The number of aryl methyl sites for hydroxylation is 1. The van der Waals surface area contributed by atoms with E-state index in [0.717, 1.165) is 15.2 Å². The Morgan fingerprint density at radius 2 is 1.89 bits per heavy atom. The van der Waals surface area contributed by atoms with E-state index in [0.29, 0.717) is 30.5 Å². The maximum absolute atomic E-state index is 13.4. The Hall–Kier alpha value is -3.44. The van der Waals surface area contributed by atoms with Crippen LogP contribution in [0.1, 0.15) is 44.0 Å². The number of rotatable bonds is 7. The molecular formula is C24H28N6O4S. The smallest absolute Gasteiger partial charge is 0.269 e. The fourth-order valence-electron chi connectivity index (χ4n) is 4.45. The molecule has 5 rings (SSSR count). The Morgan fingerprint density at radius 3 is 2.54 bits per heavy atom. The van der Waals surface area contributed by atoms with Gasteiger partial charge in [-0.1, -0.05) is 17.7 Å². The fourth-order valence-corrected chi connectivity index (χ4v) is 5.74. The third-order valence-electron chi connectivity index (χ3n) is 6.32. The lowest BCUT2D eigenvalue weighted by Gasteiger charge is -2.41. The third kappa shape index (κ3) is 4.14. The molecule has 2 N–H and O–H groups in total. The van der Waals surface area contributed by atoms with Gasteiger partial charge >= 0.3 is 0 Å². The van der Waals surface area contributed by atoms with Gasteiger partial charge in [-0.15, -0.1) is 0 Å². The molecule has 184 valence electrons. The average Bonchev–Trinajstić information content (AvgIpc) is 3.37. The maximum atomic E-state index is 13.4. The monoisotopic (exact) mass is 496 g/mol. The van der Waals surface area contributed by atoms with Crippen molar-refractivity contribution in [3.05, 3.63) is 54.0 Å². The van der Waals surface area contributed by atoms with Crippen LogP contribution in [-0.4, -0.2) is 49.5 Å². The van der Waals surface area contributed by atoms with Crippen molar-refractivity contribution in [2.45, 2.75) is 57.1 Å². The van der Waals surface area contributed by atoms with E-state index in [1.54, 1.807) is 36.5 Å². The highest BCUT2D eigenvalue weighted by atomic mass is 32.2. The Bertz CT molecular complexity index is 1500. The van der Waals surface area contributed by atoms with Gasteiger partial charge in [0.05, 0.1) is 46.1 Å². The summed E-state index contributed by atoms with van der Waals surface area (Å²) in [6.45, 7) is 7.84. The molecule has 0 amide bonds. The predicted molar refractivity (Wildman–Crippen MR) is 132 cm³/mol. The van der Waals surface area contributed by atoms with Crippen LogP contribution in [0.4, 0.5) is 11.6 Å². The first-order valence-electron chi connectivity index (χ1n) is 11.5. The van der Waals surface area contributed by atoms with Gasteiger partial charge in [-0.3, -0.25) is 4.68 Å². The first-order chi connectivity index (χ1) is 16.6. The van der Waals surface area contributed by atoms with E-state index in [4.69, 9.17) is 4.74 Å². The van der Waals surface area contributed by atoms with Crippen LogP contribution in [0.3, 0.4) is 0 Å². The lowest BCUT2D eigenvalue weighted by Crippen LogP contribution is -2.42. The van der Waals surface area contributed by atoms with E-state index in [1.807, 2.05) is 32.4 Å². The Morgan fingerprint density at radius 1 is 1.17 bits per heavy atom. The van der Waals surface area contributed by atoms with Gasteiger partial charge in [-0.05, 0) is 58.7 Å². The molecule has 0 bridgehead atoms. The van der Waals surface area contributed by atoms with Crippen LogP contribution in [0.15, 0.2) is 47.6 Å². The van der Waals surface area contributed by atoms with Gasteiger partial charge in [-0.25, -0.2) is 12.4 Å². The van der Waals surface area contributed by atoms with E-state index >= 15 is 0 Å². The standard InChI is InChI=1S/C24H28N6O4S/c1-5-34-22-19-10-11-29(35(32,33)18-8-6-15(2)7-9-18)21(19)27-23(28-22)26-20-14-25-30(16(20)3)17-12-24(4,31)13-17/h6-11,14,17,31H,5,12-13H2,1-4H3,(H,26,27,28). The second-order valence-corrected chi connectivity index (χ2v) is 11.0. The van der Waals surface area contributed by atoms with E-state index in [1.165, 1.54) is 6.20 Å². The van der Waals surface area contributed by atoms with Gasteiger partial charge in [-0.2, -0.15) is 15.1 Å². The molecule has 0 spiro atoms. The summed E-state index contributed by atoms with van der Waals surface area (Å²) in [5.41, 5.74) is 2.08. The van der Waals surface area contributed by atoms with Crippen LogP contribution in [0.25, 0.3) is 11.0 Å². The molecule has 11 heteroatoms. The number of nitrogens with zero attached hydrogens (tertiary/aromatic N) is 5. The molecule has 0 saturated heterocycles. The van der Waals surface area contributed by atoms with Crippen molar-refractivity contribution in [2.75, 3.05) is 11.9 Å². The summed E-state index contributed by atoms with van der Waals surface area (Å²) in [5, 5.41) is 18.2. The molecular weight excluding hydrogens is 468 g/mol. The van der Waals surface area contributed by atoms with E-state index < -0.39 is 15.6 Å². The largest absolute Gasteiger partial charge is 0.477 e. The summed E-state index contributed by atoms with van der Waals surface area (Å²) >= 11 is 0. The topological polar surface area (TPSA) is 124 Å². The maximum Gasteiger partial charge on any atom is 0.269 e. The number of aromatic nitrogens is 5. The van der Waals surface area contributed by atoms with Crippen molar-refractivity contribution >= 4 is 32.7 Å². The number of anilines is 2. The number of hydrogen-bond donors (Lipinski definition) is 2. The predicted octanol–water partition coefficient (Wildman–Crippen LogP) is 3.71. The number of nitrogens with one attached hydrogen (secondary N) is 1. The van der Waals surface area contributed by atoms with Crippen molar-refractivity contribution in [1.82, 2.24) is 23.7 Å². The lowest BCUT2D eigenvalue weighted by molar-refractivity contribution is -0.0548. The highest BCUT2D eigenvalue weighted by molar-refractivity contribution is 7.90. The number of fused-ring (bicyclic) bond motifs is 1. The molecule has 0 radical (unpaired) electrons. The second-order valence-electron chi connectivity index (χ2n) is 9.22. The number of hydrogen-bond acceptors (Lipinski definition) is 8. The van der Waals surface area contributed by atoms with Gasteiger partial charge in [0.15, 0.2) is 5.65 Å². The molecule has 35 heavy (non-hydrogen) atoms. The first-order valence-corrected chi connectivity index (χ1v) is 12.9. The SMILES string of the molecule is CCOc1nc(Nc2cnn(C3CC(C)(O)C3)c2C)nc2c1ccn2S(=O)(=O)c1ccc(C)cc1. The summed E-state index contributed by atoms with van der Waals surface area (Å²) < 4.78 is 35.5. The fraction of sp³-hybridized carbons (Fsp3) is 0.375. The zero-order chi connectivity index (χ0) is 25.0. The van der Waals surface area contributed by atoms with Crippen LogP contribution in [0.2, 0.25) is 0 Å². The quantitative estimate of drug-likeness (QED) is 0.397. The molecule has 3 heterocycles. The molecule has 0 aliphatic heterocycles. The number of ether oxygens (including phenoxy) is 1. The molecule has 0 unspecified atom stereocenters. The molecule has 1 fully saturated rings. The van der Waals surface area contributed by atoms with Crippen molar-refractivity contribution in [2.24, 2.45) is 0 Å². The van der Waals surface area contributed by atoms with Gasteiger partial charge in [0, 0.05) is 6.20 Å². The highest BCUT2D eigenvalue weighted by Gasteiger charge is 2.40. The highest BCUT2D eigenvalue weighted by Crippen LogP contribution is 2.42. The minimum Gasteiger partial charge on any atom is -0.477 e. The van der Waals surface area contributed by atoms with Gasteiger partial charge in [0.1, 0.15) is 0 Å². The first kappa shape index (κ1) is 23.3. The van der Waals surface area contributed by atoms with Gasteiger partial charge in [0.25, 0.3) is 10.0 Å². The Kier molecular flexibility index (Phi) is 5.56. The van der Waals surface area contributed by atoms with Crippen molar-refractivity contribution < 1.29 is 18.3 Å². The third-order valence-corrected chi connectivity index (χ3v) is 8.00. The second kappa shape index (κ2) is 8.35. The molecule has 4 aromatic rings. The van der Waals surface area contributed by atoms with Crippen LogP contribution in [0.5, 0.6) is 5.88 Å². The summed E-state index contributed by atoms with van der Waals surface area (Å²) in [4.78, 5) is 9.20. The van der Waals surface area contributed by atoms with Crippen molar-refractivity contribution in [3.63, 3.8) is 0 Å². The summed E-state index contributed by atoms with van der Waals surface area (Å²) in [6.07, 6.45) is 4.41. The number of benzene rings is 1. The molecule has 0 atom stereocenters. The van der Waals surface area contributed by atoms with Gasteiger partial charge in [0.2, 0.25) is 11.8 Å². The van der Waals surface area contributed by atoms with E-state index in [2.05, 4.69) is 20.4 Å². The molecule has 1 aliphatic rings. The van der Waals surface area contributed by atoms with Crippen LogP contribution in [-0.2, 0) is 10.0 Å². The van der Waals surface area contributed by atoms with Crippen molar-refractivity contribution in [1.29, 1.82) is 0 Å². The minimum absolute atomic E-state index is 0.125. The van der Waals surface area contributed by atoms with Crippen LogP contribution in [0, 0.1) is 13.8 Å². The molecule has 1 saturated carbocycles. The Labute approximate surface area is 203 Å². The van der Waals surface area contributed by atoms with E-state index in [9.17, 15) is 13.5 Å². The molecule has 3 aromatic heterocycles. The molecule has 1 aliphatic carbocycles. The zero-order valence-electron chi connectivity index (χ0n) is 20.1. The average molecular weight is 497 g/mol. The Balaban J connectivity index is 1.54. The normalized spacial score (nSPS) is 20.1. The summed E-state index contributed by atoms with van der Waals surface area (Å²) in [5.74, 6) is 0.487. The van der Waals surface area contributed by atoms with Crippen molar-refractivity contribution in [3.8, 4) is 5.88 Å².